The largest absolute Gasteiger partial charge is 0.336 e. The average Bonchev–Trinajstić information content (AvgIpc) is 2.88. The molecule has 21 heavy (non-hydrogen) atoms. The first-order valence-corrected chi connectivity index (χ1v) is 5.75. The summed E-state index contributed by atoms with van der Waals surface area (Å²) in [6.07, 6.45) is 1.42. The van der Waals surface area contributed by atoms with E-state index in [2.05, 4.69) is 15.0 Å². The smallest absolute Gasteiger partial charge is 0.200 e. The van der Waals surface area contributed by atoms with Crippen LogP contribution in [0.1, 0.15) is 5.56 Å². The maximum atomic E-state index is 13.7. The number of nitrogens with one attached hydrogen (secondary N) is 1. The standard InChI is InChI=1S/C13H6F5N3/c1-4-2-3-19-13-11(4)20-12(21-13)5-6(14)8(16)10(18)9(17)7(5)15/h2-3H,1H3,(H,19,20,21). The number of halogens is 5. The number of aryl methyl sites for hydroxylation is 1. The number of H-pyrrole nitrogens is 1. The van der Waals surface area contributed by atoms with Crippen LogP contribution in [0.2, 0.25) is 0 Å². The van der Waals surface area contributed by atoms with E-state index in [-0.39, 0.29) is 5.65 Å². The molecule has 0 radical (unpaired) electrons. The Morgan fingerprint density at radius 2 is 1.48 bits per heavy atom. The van der Waals surface area contributed by atoms with Crippen LogP contribution in [-0.2, 0) is 0 Å². The summed E-state index contributed by atoms with van der Waals surface area (Å²) in [5.41, 5.74) is 0.0387. The van der Waals surface area contributed by atoms with Gasteiger partial charge in [-0.3, -0.25) is 0 Å². The molecule has 108 valence electrons. The fourth-order valence-electron chi connectivity index (χ4n) is 1.97. The van der Waals surface area contributed by atoms with E-state index in [1.807, 2.05) is 0 Å². The van der Waals surface area contributed by atoms with Crippen LogP contribution >= 0.6 is 0 Å². The summed E-state index contributed by atoms with van der Waals surface area (Å²) >= 11 is 0. The molecule has 2 aromatic heterocycles. The maximum absolute atomic E-state index is 13.7. The molecule has 1 N–H and O–H groups in total. The number of imidazole rings is 1. The number of benzene rings is 1. The second-order valence-electron chi connectivity index (χ2n) is 4.36. The van der Waals surface area contributed by atoms with Gasteiger partial charge in [0.15, 0.2) is 28.9 Å². The van der Waals surface area contributed by atoms with Gasteiger partial charge in [-0.15, -0.1) is 0 Å². The number of hydrogen-bond acceptors (Lipinski definition) is 2. The second kappa shape index (κ2) is 4.51. The van der Waals surface area contributed by atoms with E-state index in [0.717, 1.165) is 0 Å². The fraction of sp³-hybridized carbons (Fsp3) is 0.0769. The number of rotatable bonds is 1. The molecule has 0 spiro atoms. The van der Waals surface area contributed by atoms with Gasteiger partial charge >= 0.3 is 0 Å². The Balaban J connectivity index is 2.35. The highest BCUT2D eigenvalue weighted by molar-refractivity contribution is 5.78. The Labute approximate surface area is 114 Å². The Morgan fingerprint density at radius 3 is 2.05 bits per heavy atom. The molecule has 3 aromatic rings. The van der Waals surface area contributed by atoms with Crippen LogP contribution in [-0.4, -0.2) is 15.0 Å². The van der Waals surface area contributed by atoms with E-state index in [4.69, 9.17) is 0 Å². The van der Waals surface area contributed by atoms with Gasteiger partial charge in [-0.25, -0.2) is 31.9 Å². The molecule has 0 unspecified atom stereocenters. The molecule has 0 aliphatic carbocycles. The van der Waals surface area contributed by atoms with Crippen molar-refractivity contribution in [3.05, 3.63) is 46.9 Å². The molecule has 0 atom stereocenters. The van der Waals surface area contributed by atoms with E-state index in [1.54, 1.807) is 13.0 Å². The molecular formula is C13H6F5N3. The van der Waals surface area contributed by atoms with Crippen LogP contribution in [0.4, 0.5) is 22.0 Å². The molecule has 2 heterocycles. The Kier molecular flexibility index (Phi) is 2.89. The predicted molar refractivity (Wildman–Crippen MR) is 63.9 cm³/mol. The van der Waals surface area contributed by atoms with Crippen molar-refractivity contribution in [1.82, 2.24) is 15.0 Å². The topological polar surface area (TPSA) is 41.6 Å². The summed E-state index contributed by atoms with van der Waals surface area (Å²) in [5.74, 6) is -10.6. The summed E-state index contributed by atoms with van der Waals surface area (Å²) in [6.45, 7) is 1.69. The first kappa shape index (κ1) is 13.5. The van der Waals surface area contributed by atoms with Gasteiger partial charge in [-0.2, -0.15) is 0 Å². The number of fused-ring (bicyclic) bond motifs is 1. The van der Waals surface area contributed by atoms with Crippen LogP contribution in [0, 0.1) is 36.0 Å². The predicted octanol–water partition coefficient (Wildman–Crippen LogP) is 3.63. The van der Waals surface area contributed by atoms with Gasteiger partial charge in [0.05, 0.1) is 11.1 Å². The highest BCUT2D eigenvalue weighted by Crippen LogP contribution is 2.31. The third-order valence-corrected chi connectivity index (χ3v) is 3.05. The van der Waals surface area contributed by atoms with E-state index in [9.17, 15) is 22.0 Å². The van der Waals surface area contributed by atoms with Crippen LogP contribution in [0.3, 0.4) is 0 Å². The minimum atomic E-state index is -2.21. The molecule has 0 bridgehead atoms. The molecular weight excluding hydrogens is 293 g/mol. The molecule has 0 saturated carbocycles. The Bertz CT molecular complexity index is 843. The summed E-state index contributed by atoms with van der Waals surface area (Å²) in [5, 5.41) is 0. The normalized spacial score (nSPS) is 11.3. The summed E-state index contributed by atoms with van der Waals surface area (Å²) in [4.78, 5) is 10.2. The zero-order valence-electron chi connectivity index (χ0n) is 10.4. The Hall–Kier alpha value is -2.51. The maximum Gasteiger partial charge on any atom is 0.200 e. The molecule has 0 saturated heterocycles. The van der Waals surface area contributed by atoms with Gasteiger partial charge in [-0.1, -0.05) is 0 Å². The molecule has 0 fully saturated rings. The van der Waals surface area contributed by atoms with Crippen LogP contribution in [0.5, 0.6) is 0 Å². The number of pyridine rings is 1. The highest BCUT2D eigenvalue weighted by atomic mass is 19.2. The van der Waals surface area contributed by atoms with Gasteiger partial charge in [0.2, 0.25) is 5.82 Å². The first-order chi connectivity index (χ1) is 9.91. The lowest BCUT2D eigenvalue weighted by atomic mass is 10.1. The fourth-order valence-corrected chi connectivity index (χ4v) is 1.97. The third-order valence-electron chi connectivity index (χ3n) is 3.05. The SMILES string of the molecule is Cc1ccnc2nc(-c3c(F)c(F)c(F)c(F)c3F)[nH]c12. The van der Waals surface area contributed by atoms with E-state index in [0.29, 0.717) is 11.1 Å². The van der Waals surface area contributed by atoms with Gasteiger partial charge in [-0.05, 0) is 18.6 Å². The van der Waals surface area contributed by atoms with Gasteiger partial charge in [0.1, 0.15) is 5.82 Å². The molecule has 8 heteroatoms. The molecule has 0 aliphatic heterocycles. The summed E-state index contributed by atoms with van der Waals surface area (Å²) in [6, 6.07) is 1.61. The van der Waals surface area contributed by atoms with E-state index in [1.165, 1.54) is 6.20 Å². The van der Waals surface area contributed by atoms with Gasteiger partial charge in [0, 0.05) is 6.20 Å². The Morgan fingerprint density at radius 1 is 0.905 bits per heavy atom. The molecule has 3 nitrogen and oxygen atoms in total. The summed E-state index contributed by atoms with van der Waals surface area (Å²) < 4.78 is 66.9. The molecule has 1 aromatic carbocycles. The molecule has 0 aliphatic rings. The number of nitrogens with zero attached hydrogens (tertiary/aromatic N) is 2. The minimum absolute atomic E-state index is 0.119. The number of aromatic amines is 1. The lowest BCUT2D eigenvalue weighted by molar-refractivity contribution is 0.381. The third kappa shape index (κ3) is 1.86. The van der Waals surface area contributed by atoms with Crippen LogP contribution in [0.15, 0.2) is 12.3 Å². The lowest BCUT2D eigenvalue weighted by Gasteiger charge is -2.05. The molecule has 3 rings (SSSR count). The van der Waals surface area contributed by atoms with Crippen LogP contribution in [0.25, 0.3) is 22.6 Å². The number of aromatic nitrogens is 3. The summed E-state index contributed by atoms with van der Waals surface area (Å²) in [7, 11) is 0. The van der Waals surface area contributed by atoms with Crippen molar-refractivity contribution in [3.8, 4) is 11.4 Å². The van der Waals surface area contributed by atoms with Crippen molar-refractivity contribution in [3.63, 3.8) is 0 Å². The molecule has 0 amide bonds. The average molecular weight is 299 g/mol. The first-order valence-electron chi connectivity index (χ1n) is 5.75. The van der Waals surface area contributed by atoms with Crippen molar-refractivity contribution >= 4 is 11.2 Å². The van der Waals surface area contributed by atoms with Crippen molar-refractivity contribution in [2.45, 2.75) is 6.92 Å². The van der Waals surface area contributed by atoms with Crippen molar-refractivity contribution in [1.29, 1.82) is 0 Å². The second-order valence-corrected chi connectivity index (χ2v) is 4.36. The lowest BCUT2D eigenvalue weighted by Crippen LogP contribution is -2.04. The quantitative estimate of drug-likeness (QED) is 0.423. The number of hydrogen-bond donors (Lipinski definition) is 1. The van der Waals surface area contributed by atoms with Crippen molar-refractivity contribution in [2.75, 3.05) is 0 Å². The highest BCUT2D eigenvalue weighted by Gasteiger charge is 2.28. The minimum Gasteiger partial charge on any atom is -0.336 e. The van der Waals surface area contributed by atoms with Crippen molar-refractivity contribution < 1.29 is 22.0 Å². The monoisotopic (exact) mass is 299 g/mol. The zero-order chi connectivity index (χ0) is 15.3. The van der Waals surface area contributed by atoms with Crippen molar-refractivity contribution in [2.24, 2.45) is 0 Å². The van der Waals surface area contributed by atoms with E-state index >= 15 is 0 Å². The van der Waals surface area contributed by atoms with Gasteiger partial charge in [0.25, 0.3) is 0 Å². The zero-order valence-corrected chi connectivity index (χ0v) is 10.4. The van der Waals surface area contributed by atoms with Crippen LogP contribution < -0.4 is 0 Å². The van der Waals surface area contributed by atoms with E-state index < -0.39 is 40.5 Å². The van der Waals surface area contributed by atoms with Gasteiger partial charge < -0.3 is 4.98 Å².